The molecule has 0 N–H and O–H groups in total. The smallest absolute Gasteiger partial charge is 0.0657 e. The van der Waals surface area contributed by atoms with Crippen molar-refractivity contribution in [1.82, 2.24) is 0 Å². The molecule has 0 spiro atoms. The van der Waals surface area contributed by atoms with Crippen molar-refractivity contribution in [3.8, 4) is 0 Å². The maximum Gasteiger partial charge on any atom is 0.0657 e. The van der Waals surface area contributed by atoms with Gasteiger partial charge in [-0.1, -0.05) is 19.1 Å². The van der Waals surface area contributed by atoms with E-state index >= 15 is 0 Å². The Morgan fingerprint density at radius 3 is 2.75 bits per heavy atom. The summed E-state index contributed by atoms with van der Waals surface area (Å²) in [5.41, 5.74) is 3.60. The van der Waals surface area contributed by atoms with Crippen LogP contribution in [0.25, 0.3) is 0 Å². The lowest BCUT2D eigenvalue weighted by Crippen LogP contribution is -1.77. The highest BCUT2D eigenvalue weighted by Crippen LogP contribution is 2.19. The van der Waals surface area contributed by atoms with Crippen molar-refractivity contribution < 1.29 is 0 Å². The number of hydrogen-bond acceptors (Lipinski definition) is 1. The van der Waals surface area contributed by atoms with Crippen molar-refractivity contribution in [2.24, 2.45) is 4.99 Å². The average molecular weight is 161 g/mol. The highest BCUT2D eigenvalue weighted by molar-refractivity contribution is 5.64. The maximum atomic E-state index is 4.36. The first kappa shape index (κ1) is 8.98. The fourth-order valence-corrected chi connectivity index (χ4v) is 1.05. The van der Waals surface area contributed by atoms with E-state index in [9.17, 15) is 0 Å². The largest absolute Gasteiger partial charge is 0.261 e. The van der Waals surface area contributed by atoms with Gasteiger partial charge >= 0.3 is 0 Å². The first-order valence-corrected chi connectivity index (χ1v) is 4.34. The summed E-state index contributed by atoms with van der Waals surface area (Å²) in [5.74, 6) is 0. The summed E-state index contributed by atoms with van der Waals surface area (Å²) in [6, 6.07) is 6.33. The van der Waals surface area contributed by atoms with Crippen LogP contribution in [0, 0.1) is 13.8 Å². The monoisotopic (exact) mass is 161 g/mol. The van der Waals surface area contributed by atoms with Crippen molar-refractivity contribution in [3.63, 3.8) is 0 Å². The van der Waals surface area contributed by atoms with Crippen molar-refractivity contribution in [2.45, 2.75) is 27.2 Å². The van der Waals surface area contributed by atoms with Gasteiger partial charge in [0.2, 0.25) is 0 Å². The lowest BCUT2D eigenvalue weighted by molar-refractivity contribution is 1.29. The summed E-state index contributed by atoms with van der Waals surface area (Å²) >= 11 is 0. The number of aliphatic imine (C=N–C) groups is 1. The van der Waals surface area contributed by atoms with Crippen LogP contribution in [-0.4, -0.2) is 6.21 Å². The zero-order valence-electron chi connectivity index (χ0n) is 7.96. The third-order valence-electron chi connectivity index (χ3n) is 1.78. The molecule has 1 rings (SSSR count). The molecular formula is C11H15N. The number of rotatable bonds is 2. The van der Waals surface area contributed by atoms with Crippen LogP contribution in [0.15, 0.2) is 23.2 Å². The van der Waals surface area contributed by atoms with Gasteiger partial charge in [-0.15, -0.1) is 0 Å². The third kappa shape index (κ3) is 2.19. The van der Waals surface area contributed by atoms with Crippen molar-refractivity contribution in [1.29, 1.82) is 0 Å². The predicted molar refractivity (Wildman–Crippen MR) is 54.4 cm³/mol. The van der Waals surface area contributed by atoms with E-state index in [1.165, 1.54) is 11.1 Å². The Hall–Kier alpha value is -1.11. The van der Waals surface area contributed by atoms with Crippen molar-refractivity contribution in [3.05, 3.63) is 29.3 Å². The molecule has 0 atom stereocenters. The van der Waals surface area contributed by atoms with Crippen LogP contribution < -0.4 is 0 Å². The molecule has 0 aromatic heterocycles. The molecule has 0 fully saturated rings. The van der Waals surface area contributed by atoms with Gasteiger partial charge in [-0.3, -0.25) is 4.99 Å². The van der Waals surface area contributed by atoms with Gasteiger partial charge in [0, 0.05) is 6.21 Å². The van der Waals surface area contributed by atoms with Crippen LogP contribution in [0.5, 0.6) is 0 Å². The molecule has 0 saturated heterocycles. The Labute approximate surface area is 74.2 Å². The van der Waals surface area contributed by atoms with Gasteiger partial charge in [-0.05, 0) is 37.5 Å². The van der Waals surface area contributed by atoms with Crippen molar-refractivity contribution >= 4 is 11.9 Å². The molecule has 0 amide bonds. The van der Waals surface area contributed by atoms with Crippen LogP contribution in [0.3, 0.4) is 0 Å². The second-order valence-corrected chi connectivity index (χ2v) is 3.01. The summed E-state index contributed by atoms with van der Waals surface area (Å²) in [6.45, 7) is 6.26. The summed E-state index contributed by atoms with van der Waals surface area (Å²) in [7, 11) is 0. The molecule has 1 aromatic rings. The number of hydrogen-bond donors (Lipinski definition) is 0. The van der Waals surface area contributed by atoms with Crippen LogP contribution in [-0.2, 0) is 0 Å². The van der Waals surface area contributed by atoms with E-state index in [-0.39, 0.29) is 0 Å². The highest BCUT2D eigenvalue weighted by atomic mass is 14.7. The molecule has 12 heavy (non-hydrogen) atoms. The van der Waals surface area contributed by atoms with Crippen molar-refractivity contribution in [2.75, 3.05) is 0 Å². The third-order valence-corrected chi connectivity index (χ3v) is 1.78. The molecule has 0 bridgehead atoms. The molecular weight excluding hydrogens is 146 g/mol. The Bertz CT molecular complexity index is 287. The normalized spacial score (nSPS) is 10.9. The van der Waals surface area contributed by atoms with Crippen LogP contribution in [0.1, 0.15) is 24.5 Å². The van der Waals surface area contributed by atoms with E-state index in [1.807, 2.05) is 6.21 Å². The lowest BCUT2D eigenvalue weighted by Gasteiger charge is -2.00. The minimum absolute atomic E-state index is 0.993. The minimum Gasteiger partial charge on any atom is -0.261 e. The van der Waals surface area contributed by atoms with E-state index in [2.05, 4.69) is 44.0 Å². The first-order valence-electron chi connectivity index (χ1n) is 4.34. The Kier molecular flexibility index (Phi) is 3.03. The molecule has 0 aliphatic heterocycles. The molecule has 1 nitrogen and oxygen atoms in total. The summed E-state index contributed by atoms with van der Waals surface area (Å²) in [4.78, 5) is 4.36. The second-order valence-electron chi connectivity index (χ2n) is 3.01. The molecule has 0 unspecified atom stereocenters. The zero-order chi connectivity index (χ0) is 8.97. The van der Waals surface area contributed by atoms with Gasteiger partial charge in [-0.25, -0.2) is 0 Å². The summed E-state index contributed by atoms with van der Waals surface area (Å²) in [5, 5.41) is 0. The van der Waals surface area contributed by atoms with E-state index in [1.54, 1.807) is 0 Å². The Morgan fingerprint density at radius 1 is 1.33 bits per heavy atom. The van der Waals surface area contributed by atoms with E-state index in [0.29, 0.717) is 0 Å². The van der Waals surface area contributed by atoms with Gasteiger partial charge in [0.15, 0.2) is 0 Å². The molecule has 0 radical (unpaired) electrons. The quantitative estimate of drug-likeness (QED) is 0.589. The Balaban J connectivity index is 2.97. The fraction of sp³-hybridized carbons (Fsp3) is 0.364. The van der Waals surface area contributed by atoms with Gasteiger partial charge in [0.1, 0.15) is 0 Å². The summed E-state index contributed by atoms with van der Waals surface area (Å²) < 4.78 is 0. The topological polar surface area (TPSA) is 12.4 Å². The first-order chi connectivity index (χ1) is 5.74. The molecule has 0 saturated carbocycles. The zero-order valence-corrected chi connectivity index (χ0v) is 7.96. The minimum atomic E-state index is 0.993. The lowest BCUT2D eigenvalue weighted by atomic mass is 10.1. The molecule has 1 aromatic carbocycles. The maximum absolute atomic E-state index is 4.36. The van der Waals surface area contributed by atoms with Crippen LogP contribution >= 0.6 is 0 Å². The fourth-order valence-electron chi connectivity index (χ4n) is 1.05. The molecule has 0 aliphatic rings. The SMILES string of the molecule is CCC=Nc1cc(C)ccc1C. The molecule has 64 valence electrons. The van der Waals surface area contributed by atoms with E-state index < -0.39 is 0 Å². The Morgan fingerprint density at radius 2 is 2.08 bits per heavy atom. The number of nitrogens with zero attached hydrogens (tertiary/aromatic N) is 1. The number of aryl methyl sites for hydroxylation is 2. The average Bonchev–Trinajstić information content (AvgIpc) is 2.07. The van der Waals surface area contributed by atoms with Gasteiger partial charge in [-0.2, -0.15) is 0 Å². The van der Waals surface area contributed by atoms with E-state index in [0.717, 1.165) is 12.1 Å². The standard InChI is InChI=1S/C11H15N/c1-4-7-12-11-8-9(2)5-6-10(11)3/h5-8H,4H2,1-3H3. The highest BCUT2D eigenvalue weighted by Gasteiger charge is 1.93. The van der Waals surface area contributed by atoms with Gasteiger partial charge in [0.05, 0.1) is 5.69 Å². The van der Waals surface area contributed by atoms with Gasteiger partial charge in [0.25, 0.3) is 0 Å². The second kappa shape index (κ2) is 4.05. The van der Waals surface area contributed by atoms with E-state index in [4.69, 9.17) is 0 Å². The van der Waals surface area contributed by atoms with Crippen LogP contribution in [0.2, 0.25) is 0 Å². The molecule has 1 heteroatoms. The van der Waals surface area contributed by atoms with Crippen LogP contribution in [0.4, 0.5) is 5.69 Å². The summed E-state index contributed by atoms with van der Waals surface area (Å²) in [6.07, 6.45) is 2.94. The molecule has 0 aliphatic carbocycles. The molecule has 0 heterocycles. The number of benzene rings is 1. The predicted octanol–water partition coefficient (Wildman–Crippen LogP) is 3.42. The van der Waals surface area contributed by atoms with Gasteiger partial charge < -0.3 is 0 Å².